The molecule has 4 heterocycles. The number of carbonyl (C=O) groups is 3. The van der Waals surface area contributed by atoms with Crippen molar-refractivity contribution in [3.8, 4) is 11.5 Å². The Kier molecular flexibility index (Phi) is 8.86. The number of halogens is 1. The minimum atomic E-state index is -0.500. The fraction of sp³-hybridized carbons (Fsp3) is 0.486. The summed E-state index contributed by atoms with van der Waals surface area (Å²) in [5, 5.41) is 0.497. The maximum absolute atomic E-state index is 13.7. The number of amides is 4. The van der Waals surface area contributed by atoms with Crippen molar-refractivity contribution >= 4 is 46.5 Å². The minimum absolute atomic E-state index is 0.0696. The van der Waals surface area contributed by atoms with Crippen molar-refractivity contribution in [1.82, 2.24) is 19.2 Å². The van der Waals surface area contributed by atoms with Crippen LogP contribution in [-0.4, -0.2) is 76.7 Å². The van der Waals surface area contributed by atoms with E-state index >= 15 is 0 Å². The zero-order valence-corrected chi connectivity index (χ0v) is 28.4. The van der Waals surface area contributed by atoms with Crippen LogP contribution in [0.25, 0.3) is 11.2 Å². The standard InChI is InChI=1S/C35H42ClN5O6/c1-34(2,3)47-33(44)38-16-13-35(14-17-38)11-8-23(9-12-35)27-19-29(36)40-22-25(20-37-31(27)40)39-15-10-30(42)41(32(39)43)21-24-6-7-26(45-4)18-28(24)46-5/h6-8,18-20,22H,9-17,21H2,1-5H3. The summed E-state index contributed by atoms with van der Waals surface area (Å²) in [7, 11) is 3.11. The third-order valence-corrected chi connectivity index (χ3v) is 9.81. The topological polar surface area (TPSA) is 106 Å². The van der Waals surface area contributed by atoms with Crippen molar-refractivity contribution in [3.05, 3.63) is 59.0 Å². The first-order valence-electron chi connectivity index (χ1n) is 16.1. The highest BCUT2D eigenvalue weighted by Crippen LogP contribution is 2.47. The van der Waals surface area contributed by atoms with Crippen LogP contribution in [-0.2, 0) is 16.1 Å². The minimum Gasteiger partial charge on any atom is -0.497 e. The van der Waals surface area contributed by atoms with Crippen LogP contribution >= 0.6 is 11.6 Å². The second kappa shape index (κ2) is 12.7. The van der Waals surface area contributed by atoms with Crippen LogP contribution < -0.4 is 14.4 Å². The number of imide groups is 1. The molecule has 3 aromatic rings. The largest absolute Gasteiger partial charge is 0.497 e. The molecule has 2 fully saturated rings. The summed E-state index contributed by atoms with van der Waals surface area (Å²) >= 11 is 6.75. The molecule has 0 saturated carbocycles. The summed E-state index contributed by atoms with van der Waals surface area (Å²) in [6, 6.07) is 6.80. The number of nitrogens with zero attached hydrogens (tertiary/aromatic N) is 5. The van der Waals surface area contributed by atoms with Crippen molar-refractivity contribution in [3.63, 3.8) is 0 Å². The second-order valence-corrected chi connectivity index (χ2v) is 14.0. The number of fused-ring (bicyclic) bond motifs is 1. The maximum atomic E-state index is 13.7. The number of ether oxygens (including phenoxy) is 3. The van der Waals surface area contributed by atoms with Crippen LogP contribution in [0, 0.1) is 5.41 Å². The zero-order chi connectivity index (χ0) is 33.5. The van der Waals surface area contributed by atoms with Gasteiger partial charge in [0.1, 0.15) is 27.9 Å². The number of methoxy groups -OCH3 is 2. The van der Waals surface area contributed by atoms with Crippen molar-refractivity contribution in [2.75, 3.05) is 38.8 Å². The van der Waals surface area contributed by atoms with Gasteiger partial charge in [-0.15, -0.1) is 0 Å². The van der Waals surface area contributed by atoms with E-state index in [1.807, 2.05) is 37.9 Å². The number of likely N-dealkylation sites (tertiary alicyclic amines) is 1. The molecule has 0 bridgehead atoms. The zero-order valence-electron chi connectivity index (χ0n) is 27.7. The number of rotatable bonds is 6. The predicted octanol–water partition coefficient (Wildman–Crippen LogP) is 6.95. The van der Waals surface area contributed by atoms with E-state index in [4.69, 9.17) is 30.8 Å². The van der Waals surface area contributed by atoms with Gasteiger partial charge in [-0.1, -0.05) is 17.7 Å². The fourth-order valence-electron chi connectivity index (χ4n) is 6.78. The molecule has 250 valence electrons. The highest BCUT2D eigenvalue weighted by molar-refractivity contribution is 6.30. The molecule has 1 aliphatic carbocycles. The van der Waals surface area contributed by atoms with Gasteiger partial charge in [-0.25, -0.2) is 14.6 Å². The average Bonchev–Trinajstić information content (AvgIpc) is 3.38. The molecule has 0 unspecified atom stereocenters. The van der Waals surface area contributed by atoms with Gasteiger partial charge in [-0.3, -0.25) is 19.0 Å². The summed E-state index contributed by atoms with van der Waals surface area (Å²) in [5.41, 5.74) is 3.83. The first-order chi connectivity index (χ1) is 22.4. The lowest BCUT2D eigenvalue weighted by atomic mass is 9.68. The Hall–Kier alpha value is -4.25. The normalized spacial score (nSPS) is 18.5. The van der Waals surface area contributed by atoms with Crippen LogP contribution in [0.3, 0.4) is 0 Å². The molecule has 12 heteroatoms. The van der Waals surface area contributed by atoms with Crippen LogP contribution in [0.1, 0.15) is 70.4 Å². The van der Waals surface area contributed by atoms with Gasteiger partial charge in [-0.2, -0.15) is 0 Å². The Morgan fingerprint density at radius 1 is 1.02 bits per heavy atom. The first-order valence-corrected chi connectivity index (χ1v) is 16.4. The van der Waals surface area contributed by atoms with Gasteiger partial charge in [0.2, 0.25) is 5.91 Å². The van der Waals surface area contributed by atoms with Crippen LogP contribution in [0.5, 0.6) is 11.5 Å². The Labute approximate surface area is 280 Å². The molecule has 47 heavy (non-hydrogen) atoms. The number of hydrogen-bond acceptors (Lipinski definition) is 7. The van der Waals surface area contributed by atoms with Crippen LogP contribution in [0.15, 0.2) is 42.7 Å². The van der Waals surface area contributed by atoms with E-state index in [0.717, 1.165) is 43.3 Å². The number of urea groups is 1. The van der Waals surface area contributed by atoms with Crippen molar-refractivity contribution in [2.45, 2.75) is 71.4 Å². The number of allylic oxidation sites excluding steroid dienone is 2. The second-order valence-electron chi connectivity index (χ2n) is 13.6. The SMILES string of the molecule is COc1ccc(CN2C(=O)CCN(c3cnc4c(C5=CCC6(CC5)CCN(C(=O)OC(C)(C)C)CC6)cc(Cl)n4c3)C2=O)c(OC)c1. The molecular weight excluding hydrogens is 622 g/mol. The van der Waals surface area contributed by atoms with Crippen molar-refractivity contribution in [2.24, 2.45) is 5.41 Å². The lowest BCUT2D eigenvalue weighted by Gasteiger charge is -2.43. The molecule has 4 amide bonds. The quantitative estimate of drug-likeness (QED) is 0.281. The van der Waals surface area contributed by atoms with Gasteiger partial charge in [0.05, 0.1) is 32.6 Å². The fourth-order valence-corrected chi connectivity index (χ4v) is 7.02. The van der Waals surface area contributed by atoms with E-state index in [1.165, 1.54) is 10.5 Å². The Balaban J connectivity index is 1.16. The molecule has 2 aliphatic heterocycles. The number of hydrogen-bond donors (Lipinski definition) is 0. The Bertz CT molecular complexity index is 1740. The summed E-state index contributed by atoms with van der Waals surface area (Å²) in [5.74, 6) is 0.901. The van der Waals surface area contributed by atoms with Gasteiger partial charge in [0.15, 0.2) is 0 Å². The monoisotopic (exact) mass is 663 g/mol. The van der Waals surface area contributed by atoms with E-state index in [1.54, 1.807) is 47.9 Å². The molecule has 2 aromatic heterocycles. The summed E-state index contributed by atoms with van der Waals surface area (Å²) in [6.45, 7) is 7.39. The third-order valence-electron chi connectivity index (χ3n) is 9.52. The summed E-state index contributed by atoms with van der Waals surface area (Å²) in [6.07, 6.45) is 10.5. The number of benzene rings is 1. The summed E-state index contributed by atoms with van der Waals surface area (Å²) in [4.78, 5) is 48.5. The third kappa shape index (κ3) is 6.63. The predicted molar refractivity (Wildman–Crippen MR) is 179 cm³/mol. The highest BCUT2D eigenvalue weighted by atomic mass is 35.5. The first kappa shape index (κ1) is 32.7. The van der Waals surface area contributed by atoms with Gasteiger partial charge >= 0.3 is 12.1 Å². The molecule has 11 nitrogen and oxygen atoms in total. The molecule has 1 aromatic carbocycles. The van der Waals surface area contributed by atoms with Crippen molar-refractivity contribution in [1.29, 1.82) is 0 Å². The van der Waals surface area contributed by atoms with E-state index in [0.29, 0.717) is 41.0 Å². The Morgan fingerprint density at radius 2 is 1.79 bits per heavy atom. The maximum Gasteiger partial charge on any atom is 0.410 e. The summed E-state index contributed by atoms with van der Waals surface area (Å²) < 4.78 is 18.2. The molecule has 0 radical (unpaired) electrons. The lowest BCUT2D eigenvalue weighted by Crippen LogP contribution is -2.52. The van der Waals surface area contributed by atoms with Gasteiger partial charge in [0, 0.05) is 49.4 Å². The molecular formula is C35H42ClN5O6. The number of piperidine rings is 1. The van der Waals surface area contributed by atoms with Crippen LogP contribution in [0.4, 0.5) is 15.3 Å². The molecule has 0 N–H and O–H groups in total. The molecule has 6 rings (SSSR count). The van der Waals surface area contributed by atoms with E-state index in [9.17, 15) is 14.4 Å². The molecule has 2 saturated heterocycles. The smallest absolute Gasteiger partial charge is 0.410 e. The number of anilines is 1. The van der Waals surface area contributed by atoms with Crippen molar-refractivity contribution < 1.29 is 28.6 Å². The average molecular weight is 664 g/mol. The van der Waals surface area contributed by atoms with E-state index in [2.05, 4.69) is 6.08 Å². The van der Waals surface area contributed by atoms with E-state index < -0.39 is 11.6 Å². The molecule has 3 aliphatic rings. The number of carbonyl (C=O) groups excluding carboxylic acids is 3. The van der Waals surface area contributed by atoms with Crippen LogP contribution in [0.2, 0.25) is 5.15 Å². The van der Waals surface area contributed by atoms with Gasteiger partial charge in [-0.05, 0) is 82.1 Å². The van der Waals surface area contributed by atoms with Gasteiger partial charge < -0.3 is 19.1 Å². The Morgan fingerprint density at radius 3 is 2.45 bits per heavy atom. The molecule has 1 spiro atoms. The number of aromatic nitrogens is 2. The molecule has 0 atom stereocenters. The van der Waals surface area contributed by atoms with Gasteiger partial charge in [0.25, 0.3) is 0 Å². The lowest BCUT2D eigenvalue weighted by molar-refractivity contribution is -0.129. The van der Waals surface area contributed by atoms with E-state index in [-0.39, 0.29) is 36.9 Å². The highest BCUT2D eigenvalue weighted by Gasteiger charge is 2.39.